The van der Waals surface area contributed by atoms with Gasteiger partial charge in [0.15, 0.2) is 5.82 Å². The highest BCUT2D eigenvalue weighted by molar-refractivity contribution is 7.89. The van der Waals surface area contributed by atoms with Crippen LogP contribution in [0, 0.1) is 0 Å². The number of rotatable bonds is 5. The molecule has 0 radical (unpaired) electrons. The second-order valence-electron chi connectivity index (χ2n) is 3.92. The van der Waals surface area contributed by atoms with Gasteiger partial charge in [-0.15, -0.1) is 0 Å². The molecule has 0 saturated carbocycles. The normalized spacial score (nSPS) is 11.6. The van der Waals surface area contributed by atoms with Crippen LogP contribution in [-0.4, -0.2) is 23.2 Å². The molecule has 0 bridgehead atoms. The lowest BCUT2D eigenvalue weighted by Gasteiger charge is -2.04. The molecule has 2 aromatic heterocycles. The predicted octanol–water partition coefficient (Wildman–Crippen LogP) is 0.359. The first-order chi connectivity index (χ1) is 9.03. The Hall–Kier alpha value is -1.93. The summed E-state index contributed by atoms with van der Waals surface area (Å²) < 4.78 is 28.1. The van der Waals surface area contributed by atoms with Crippen molar-refractivity contribution in [1.29, 1.82) is 0 Å². The number of aromatic nitrogens is 3. The molecule has 0 amide bonds. The molecular formula is C11H15N5O2S. The fourth-order valence-corrected chi connectivity index (χ4v) is 2.63. The highest BCUT2D eigenvalue weighted by Crippen LogP contribution is 2.16. The van der Waals surface area contributed by atoms with Crippen LogP contribution in [0.2, 0.25) is 0 Å². The first-order valence-corrected chi connectivity index (χ1v) is 7.22. The van der Waals surface area contributed by atoms with E-state index in [4.69, 9.17) is 5.73 Å². The summed E-state index contributed by atoms with van der Waals surface area (Å²) >= 11 is 0. The fourth-order valence-electron chi connectivity index (χ4n) is 1.55. The summed E-state index contributed by atoms with van der Waals surface area (Å²) in [6.07, 6.45) is 4.64. The van der Waals surface area contributed by atoms with Gasteiger partial charge in [-0.2, -0.15) is 5.10 Å². The highest BCUT2D eigenvalue weighted by Gasteiger charge is 2.20. The van der Waals surface area contributed by atoms with Gasteiger partial charge in [-0.1, -0.05) is 6.07 Å². The zero-order valence-electron chi connectivity index (χ0n) is 10.4. The van der Waals surface area contributed by atoms with Crippen LogP contribution in [0.3, 0.4) is 0 Å². The Morgan fingerprint density at radius 1 is 1.47 bits per heavy atom. The second-order valence-corrected chi connectivity index (χ2v) is 5.66. The Bertz CT molecular complexity index is 651. The average molecular weight is 281 g/mol. The summed E-state index contributed by atoms with van der Waals surface area (Å²) in [5, 5.41) is 3.91. The molecule has 2 heterocycles. The monoisotopic (exact) mass is 281 g/mol. The Morgan fingerprint density at radius 3 is 2.84 bits per heavy atom. The van der Waals surface area contributed by atoms with Crippen molar-refractivity contribution in [3.8, 4) is 0 Å². The van der Waals surface area contributed by atoms with Crippen molar-refractivity contribution >= 4 is 15.8 Å². The number of nitrogens with zero attached hydrogens (tertiary/aromatic N) is 3. The van der Waals surface area contributed by atoms with Gasteiger partial charge in [-0.25, -0.2) is 13.1 Å². The van der Waals surface area contributed by atoms with E-state index in [9.17, 15) is 8.42 Å². The van der Waals surface area contributed by atoms with Crippen molar-refractivity contribution in [2.75, 3.05) is 5.73 Å². The summed E-state index contributed by atoms with van der Waals surface area (Å²) in [6, 6.07) is 3.53. The molecule has 19 heavy (non-hydrogen) atoms. The van der Waals surface area contributed by atoms with Crippen LogP contribution < -0.4 is 10.5 Å². The van der Waals surface area contributed by atoms with Crippen LogP contribution in [0.5, 0.6) is 0 Å². The third kappa shape index (κ3) is 3.09. The predicted molar refractivity (Wildman–Crippen MR) is 70.6 cm³/mol. The number of hydrogen-bond acceptors (Lipinski definition) is 5. The number of nitrogens with two attached hydrogens (primary N) is 1. The van der Waals surface area contributed by atoms with E-state index >= 15 is 0 Å². The third-order valence-electron chi connectivity index (χ3n) is 2.56. The van der Waals surface area contributed by atoms with E-state index in [0.29, 0.717) is 6.54 Å². The molecule has 3 N–H and O–H groups in total. The van der Waals surface area contributed by atoms with Gasteiger partial charge in [0, 0.05) is 31.7 Å². The maximum Gasteiger partial charge on any atom is 0.246 e. The largest absolute Gasteiger partial charge is 0.381 e. The molecule has 0 aliphatic rings. The Labute approximate surface area is 111 Å². The van der Waals surface area contributed by atoms with Gasteiger partial charge in [0.1, 0.15) is 4.90 Å². The number of nitrogen functional groups attached to an aromatic ring is 1. The standard InChI is InChI=1S/C11H15N5O2S/c1-2-16-8-10(11(12)15-16)19(17,18)14-7-9-4-3-5-13-6-9/h3-6,8,14H,2,7H2,1H3,(H2,12,15). The minimum Gasteiger partial charge on any atom is -0.381 e. The van der Waals surface area contributed by atoms with E-state index in [0.717, 1.165) is 5.56 Å². The molecule has 102 valence electrons. The molecule has 7 nitrogen and oxygen atoms in total. The van der Waals surface area contributed by atoms with Gasteiger partial charge in [-0.3, -0.25) is 9.67 Å². The van der Waals surface area contributed by atoms with E-state index in [1.165, 1.54) is 10.9 Å². The first kappa shape index (κ1) is 13.5. The lowest BCUT2D eigenvalue weighted by molar-refractivity contribution is 0.581. The first-order valence-electron chi connectivity index (χ1n) is 5.74. The second kappa shape index (κ2) is 5.37. The molecule has 0 aromatic carbocycles. The smallest absolute Gasteiger partial charge is 0.246 e. The summed E-state index contributed by atoms with van der Waals surface area (Å²) in [5.41, 5.74) is 6.38. The Morgan fingerprint density at radius 2 is 2.26 bits per heavy atom. The van der Waals surface area contributed by atoms with Gasteiger partial charge >= 0.3 is 0 Å². The number of sulfonamides is 1. The van der Waals surface area contributed by atoms with Crippen molar-refractivity contribution in [3.63, 3.8) is 0 Å². The number of anilines is 1. The zero-order valence-corrected chi connectivity index (χ0v) is 11.3. The molecule has 2 rings (SSSR count). The van der Waals surface area contributed by atoms with Crippen LogP contribution in [0.1, 0.15) is 12.5 Å². The summed E-state index contributed by atoms with van der Waals surface area (Å²) in [5.74, 6) is 0.000497. The van der Waals surface area contributed by atoms with Gasteiger partial charge < -0.3 is 5.73 Å². The summed E-state index contributed by atoms with van der Waals surface area (Å²) in [7, 11) is -3.66. The summed E-state index contributed by atoms with van der Waals surface area (Å²) in [6.45, 7) is 2.57. The van der Waals surface area contributed by atoms with Crippen molar-refractivity contribution < 1.29 is 8.42 Å². The lowest BCUT2D eigenvalue weighted by atomic mass is 10.3. The van der Waals surface area contributed by atoms with Gasteiger partial charge in [0.25, 0.3) is 0 Å². The van der Waals surface area contributed by atoms with Crippen LogP contribution in [-0.2, 0) is 23.1 Å². The van der Waals surface area contributed by atoms with E-state index in [1.807, 2.05) is 6.92 Å². The highest BCUT2D eigenvalue weighted by atomic mass is 32.2. The van der Waals surface area contributed by atoms with Crippen molar-refractivity contribution in [3.05, 3.63) is 36.3 Å². The molecule has 0 aliphatic heterocycles. The maximum atomic E-state index is 12.1. The SMILES string of the molecule is CCn1cc(S(=O)(=O)NCc2cccnc2)c(N)n1. The third-order valence-corrected chi connectivity index (χ3v) is 3.98. The molecule has 0 saturated heterocycles. The van der Waals surface area contributed by atoms with E-state index in [-0.39, 0.29) is 17.3 Å². The Kier molecular flexibility index (Phi) is 3.82. The average Bonchev–Trinajstić information content (AvgIpc) is 2.80. The molecule has 0 unspecified atom stereocenters. The van der Waals surface area contributed by atoms with E-state index in [2.05, 4.69) is 14.8 Å². The fraction of sp³-hybridized carbons (Fsp3) is 0.273. The van der Waals surface area contributed by atoms with Gasteiger partial charge in [-0.05, 0) is 18.6 Å². The van der Waals surface area contributed by atoms with Crippen LogP contribution >= 0.6 is 0 Å². The zero-order chi connectivity index (χ0) is 13.9. The van der Waals surface area contributed by atoms with Crippen LogP contribution in [0.4, 0.5) is 5.82 Å². The molecular weight excluding hydrogens is 266 g/mol. The molecule has 0 fully saturated rings. The topological polar surface area (TPSA) is 103 Å². The number of nitrogens with one attached hydrogen (secondary N) is 1. The van der Waals surface area contributed by atoms with Crippen molar-refractivity contribution in [2.24, 2.45) is 0 Å². The van der Waals surface area contributed by atoms with Gasteiger partial charge in [0.05, 0.1) is 0 Å². The van der Waals surface area contributed by atoms with Gasteiger partial charge in [0.2, 0.25) is 10.0 Å². The van der Waals surface area contributed by atoms with Crippen LogP contribution in [0.25, 0.3) is 0 Å². The minimum absolute atomic E-state index is 0.000497. The molecule has 0 atom stereocenters. The van der Waals surface area contributed by atoms with E-state index < -0.39 is 10.0 Å². The van der Waals surface area contributed by atoms with Crippen molar-refractivity contribution in [2.45, 2.75) is 24.9 Å². The molecule has 8 heteroatoms. The number of hydrogen-bond donors (Lipinski definition) is 2. The number of aryl methyl sites for hydroxylation is 1. The number of pyridine rings is 1. The molecule has 2 aromatic rings. The Balaban J connectivity index is 2.16. The van der Waals surface area contributed by atoms with E-state index in [1.54, 1.807) is 24.5 Å². The summed E-state index contributed by atoms with van der Waals surface area (Å²) in [4.78, 5) is 3.92. The minimum atomic E-state index is -3.66. The molecule has 0 aliphatic carbocycles. The van der Waals surface area contributed by atoms with Crippen molar-refractivity contribution in [1.82, 2.24) is 19.5 Å². The van der Waals surface area contributed by atoms with Crippen LogP contribution in [0.15, 0.2) is 35.6 Å². The lowest BCUT2D eigenvalue weighted by Crippen LogP contribution is -2.23. The quantitative estimate of drug-likeness (QED) is 0.823. The molecule has 0 spiro atoms. The maximum absolute atomic E-state index is 12.1.